The van der Waals surface area contributed by atoms with Crippen LogP contribution < -0.4 is 0 Å². The number of rotatable bonds is 2. The highest BCUT2D eigenvalue weighted by Gasteiger charge is 2.19. The molecule has 1 N–H and O–H groups in total. The molecule has 1 atom stereocenters. The molecule has 0 fully saturated rings. The number of carboxylic acids is 1. The second-order valence-corrected chi connectivity index (χ2v) is 4.46. The van der Waals surface area contributed by atoms with Gasteiger partial charge in [-0.15, -0.1) is 0 Å². The standard InChI is InChI=1S/C10H10BrN3O2/c1-5(10(15)16)14-6(2)13-8-3-7(11)4-12-9(8)14/h3-5H,1-2H3,(H,15,16). The van der Waals surface area contributed by atoms with E-state index in [0.717, 1.165) is 4.47 Å². The van der Waals surface area contributed by atoms with Crippen LogP contribution in [0.1, 0.15) is 18.8 Å². The van der Waals surface area contributed by atoms with Gasteiger partial charge < -0.3 is 5.11 Å². The van der Waals surface area contributed by atoms with E-state index in [9.17, 15) is 4.79 Å². The number of carboxylic acid groups (broad SMARTS) is 1. The van der Waals surface area contributed by atoms with E-state index in [4.69, 9.17) is 5.11 Å². The minimum atomic E-state index is -0.896. The first-order valence-corrected chi connectivity index (χ1v) is 5.53. The van der Waals surface area contributed by atoms with Crippen LogP contribution in [0.15, 0.2) is 16.7 Å². The van der Waals surface area contributed by atoms with Gasteiger partial charge in [-0.1, -0.05) is 0 Å². The summed E-state index contributed by atoms with van der Waals surface area (Å²) in [6.45, 7) is 3.38. The topological polar surface area (TPSA) is 68.0 Å². The van der Waals surface area contributed by atoms with Gasteiger partial charge in [0.15, 0.2) is 5.65 Å². The summed E-state index contributed by atoms with van der Waals surface area (Å²) in [4.78, 5) is 19.5. The fourth-order valence-corrected chi connectivity index (χ4v) is 1.96. The summed E-state index contributed by atoms with van der Waals surface area (Å²) in [5.41, 5.74) is 1.29. The number of aliphatic carboxylic acids is 1. The summed E-state index contributed by atoms with van der Waals surface area (Å²) in [6, 6.07) is 1.15. The number of hydrogen-bond donors (Lipinski definition) is 1. The Bertz CT molecular complexity index is 564. The Morgan fingerprint density at radius 2 is 2.31 bits per heavy atom. The Morgan fingerprint density at radius 1 is 1.62 bits per heavy atom. The predicted octanol–water partition coefficient (Wildman–Crippen LogP) is 2.15. The van der Waals surface area contributed by atoms with E-state index in [-0.39, 0.29) is 0 Å². The van der Waals surface area contributed by atoms with Crippen LogP contribution in [0.2, 0.25) is 0 Å². The van der Waals surface area contributed by atoms with Crippen LogP contribution in [0.5, 0.6) is 0 Å². The van der Waals surface area contributed by atoms with Gasteiger partial charge in [-0.2, -0.15) is 0 Å². The molecule has 0 spiro atoms. The van der Waals surface area contributed by atoms with Crippen LogP contribution in [-0.2, 0) is 4.79 Å². The van der Waals surface area contributed by atoms with Crippen molar-refractivity contribution in [3.8, 4) is 0 Å². The number of imidazole rings is 1. The summed E-state index contributed by atoms with van der Waals surface area (Å²) < 4.78 is 2.44. The second kappa shape index (κ2) is 3.86. The van der Waals surface area contributed by atoms with Crippen LogP contribution >= 0.6 is 15.9 Å². The maximum Gasteiger partial charge on any atom is 0.326 e. The minimum Gasteiger partial charge on any atom is -0.480 e. The third-order valence-electron chi connectivity index (χ3n) is 2.42. The van der Waals surface area contributed by atoms with Crippen molar-refractivity contribution in [2.45, 2.75) is 19.9 Å². The van der Waals surface area contributed by atoms with Gasteiger partial charge in [-0.3, -0.25) is 4.57 Å². The van der Waals surface area contributed by atoms with E-state index in [0.29, 0.717) is 17.0 Å². The summed E-state index contributed by atoms with van der Waals surface area (Å²) in [6.07, 6.45) is 1.63. The van der Waals surface area contributed by atoms with Gasteiger partial charge in [0.05, 0.1) is 0 Å². The van der Waals surface area contributed by atoms with Crippen LogP contribution in [-0.4, -0.2) is 25.6 Å². The molecule has 0 saturated carbocycles. The van der Waals surface area contributed by atoms with Crippen molar-refractivity contribution in [3.05, 3.63) is 22.6 Å². The number of nitrogens with zero attached hydrogens (tertiary/aromatic N) is 3. The van der Waals surface area contributed by atoms with E-state index in [1.165, 1.54) is 0 Å². The van der Waals surface area contributed by atoms with E-state index in [1.54, 1.807) is 24.6 Å². The Hall–Kier alpha value is -1.43. The maximum atomic E-state index is 11.0. The zero-order valence-corrected chi connectivity index (χ0v) is 10.4. The van der Waals surface area contributed by atoms with Gasteiger partial charge in [0.1, 0.15) is 17.4 Å². The van der Waals surface area contributed by atoms with Gasteiger partial charge in [0, 0.05) is 10.7 Å². The van der Waals surface area contributed by atoms with Gasteiger partial charge in [-0.25, -0.2) is 14.8 Å². The van der Waals surface area contributed by atoms with Crippen molar-refractivity contribution in [1.82, 2.24) is 14.5 Å². The molecule has 2 heterocycles. The SMILES string of the molecule is Cc1nc2cc(Br)cnc2n1C(C)C(=O)O. The zero-order chi connectivity index (χ0) is 11.9. The number of aromatic nitrogens is 3. The molecule has 5 nitrogen and oxygen atoms in total. The molecule has 0 bridgehead atoms. The van der Waals surface area contributed by atoms with Crippen molar-refractivity contribution < 1.29 is 9.90 Å². The molecule has 1 unspecified atom stereocenters. The number of carbonyl (C=O) groups is 1. The smallest absolute Gasteiger partial charge is 0.326 e. The molecule has 0 aliphatic heterocycles. The lowest BCUT2D eigenvalue weighted by molar-refractivity contribution is -0.140. The molecule has 0 aliphatic carbocycles. The maximum absolute atomic E-state index is 11.0. The average molecular weight is 284 g/mol. The molecule has 84 valence electrons. The zero-order valence-electron chi connectivity index (χ0n) is 8.81. The van der Waals surface area contributed by atoms with E-state index >= 15 is 0 Å². The fraction of sp³-hybridized carbons (Fsp3) is 0.300. The second-order valence-electron chi connectivity index (χ2n) is 3.54. The van der Waals surface area contributed by atoms with Crippen molar-refractivity contribution in [1.29, 1.82) is 0 Å². The molecule has 16 heavy (non-hydrogen) atoms. The van der Waals surface area contributed by atoms with Crippen LogP contribution in [0.3, 0.4) is 0 Å². The van der Waals surface area contributed by atoms with E-state index in [2.05, 4.69) is 25.9 Å². The quantitative estimate of drug-likeness (QED) is 0.917. The Morgan fingerprint density at radius 3 is 2.94 bits per heavy atom. The van der Waals surface area contributed by atoms with E-state index in [1.807, 2.05) is 6.07 Å². The molecule has 6 heteroatoms. The number of halogens is 1. The Kier molecular flexibility index (Phi) is 2.67. The first-order chi connectivity index (χ1) is 7.50. The van der Waals surface area contributed by atoms with Crippen LogP contribution in [0.25, 0.3) is 11.2 Å². The fourth-order valence-electron chi connectivity index (χ4n) is 1.64. The number of pyridine rings is 1. The largest absolute Gasteiger partial charge is 0.480 e. The first-order valence-electron chi connectivity index (χ1n) is 4.73. The van der Waals surface area contributed by atoms with Gasteiger partial charge in [0.25, 0.3) is 0 Å². The molecule has 2 rings (SSSR count). The first kappa shape index (κ1) is 11.1. The highest BCUT2D eigenvalue weighted by atomic mass is 79.9. The molecule has 0 aromatic carbocycles. The van der Waals surface area contributed by atoms with Crippen LogP contribution in [0, 0.1) is 6.92 Å². The molecular weight excluding hydrogens is 274 g/mol. The lowest BCUT2D eigenvalue weighted by atomic mass is 10.3. The molecule has 0 amide bonds. The molecule has 0 aliphatic rings. The highest BCUT2D eigenvalue weighted by Crippen LogP contribution is 2.21. The lowest BCUT2D eigenvalue weighted by Gasteiger charge is -2.10. The van der Waals surface area contributed by atoms with Gasteiger partial charge in [-0.05, 0) is 35.8 Å². The monoisotopic (exact) mass is 283 g/mol. The van der Waals surface area contributed by atoms with Crippen molar-refractivity contribution in [2.75, 3.05) is 0 Å². The van der Waals surface area contributed by atoms with Gasteiger partial charge >= 0.3 is 5.97 Å². The third kappa shape index (κ3) is 1.69. The molecule has 0 saturated heterocycles. The van der Waals surface area contributed by atoms with Crippen molar-refractivity contribution in [3.63, 3.8) is 0 Å². The number of hydrogen-bond acceptors (Lipinski definition) is 3. The molecular formula is C10H10BrN3O2. The summed E-state index contributed by atoms with van der Waals surface area (Å²) in [7, 11) is 0. The third-order valence-corrected chi connectivity index (χ3v) is 2.85. The number of fused-ring (bicyclic) bond motifs is 1. The molecule has 0 radical (unpaired) electrons. The minimum absolute atomic E-state index is 0.593. The average Bonchev–Trinajstić information content (AvgIpc) is 2.51. The van der Waals surface area contributed by atoms with Gasteiger partial charge in [0.2, 0.25) is 0 Å². The highest BCUT2D eigenvalue weighted by molar-refractivity contribution is 9.10. The normalized spacial score (nSPS) is 12.9. The number of aryl methyl sites for hydroxylation is 1. The Labute approximate surface area is 100 Å². The lowest BCUT2D eigenvalue weighted by Crippen LogP contribution is -2.17. The summed E-state index contributed by atoms with van der Waals surface area (Å²) in [5.74, 6) is -0.248. The summed E-state index contributed by atoms with van der Waals surface area (Å²) >= 11 is 3.30. The van der Waals surface area contributed by atoms with Crippen molar-refractivity contribution >= 4 is 33.1 Å². The molecule has 2 aromatic rings. The predicted molar refractivity (Wildman–Crippen MR) is 62.3 cm³/mol. The van der Waals surface area contributed by atoms with Crippen molar-refractivity contribution in [2.24, 2.45) is 0 Å². The van der Waals surface area contributed by atoms with E-state index < -0.39 is 12.0 Å². The van der Waals surface area contributed by atoms with Crippen LogP contribution in [0.4, 0.5) is 0 Å². The molecule has 2 aromatic heterocycles. The summed E-state index contributed by atoms with van der Waals surface area (Å²) in [5, 5.41) is 9.01. The Balaban J connectivity index is 2.69.